The van der Waals surface area contributed by atoms with Crippen molar-refractivity contribution < 1.29 is 4.79 Å². The fourth-order valence-electron chi connectivity index (χ4n) is 0.839. The monoisotopic (exact) mass is 336 g/mol. The Labute approximate surface area is 93.1 Å². The van der Waals surface area contributed by atoms with Crippen LogP contribution in [0.1, 0.15) is 5.56 Å². The Balaban J connectivity index is 3.14. The molecule has 1 nitrogen and oxygen atoms in total. The van der Waals surface area contributed by atoms with Gasteiger partial charge in [0.2, 0.25) is 0 Å². The van der Waals surface area contributed by atoms with E-state index >= 15 is 0 Å². The maximum Gasteiger partial charge on any atom is 0.152 e. The SMILES string of the molecule is O=CC(=C(Br)I)c1ccccc1. The number of rotatable bonds is 2. The fraction of sp³-hybridized carbons (Fsp3) is 0. The van der Waals surface area contributed by atoms with Gasteiger partial charge in [-0.05, 0) is 44.1 Å². The molecule has 0 fully saturated rings. The van der Waals surface area contributed by atoms with Gasteiger partial charge in [0.25, 0.3) is 0 Å². The third kappa shape index (κ3) is 2.42. The summed E-state index contributed by atoms with van der Waals surface area (Å²) in [6.45, 7) is 0. The number of hydrogen-bond acceptors (Lipinski definition) is 1. The second-order valence-electron chi connectivity index (χ2n) is 2.16. The topological polar surface area (TPSA) is 17.1 Å². The summed E-state index contributed by atoms with van der Waals surface area (Å²) in [6.07, 6.45) is 0.853. The van der Waals surface area contributed by atoms with Crippen molar-refractivity contribution in [3.05, 3.63) is 38.4 Å². The summed E-state index contributed by atoms with van der Waals surface area (Å²) < 4.78 is 0.835. The number of carbonyl (C=O) groups excluding carboxylic acids is 1. The van der Waals surface area contributed by atoms with Gasteiger partial charge in [0, 0.05) is 5.57 Å². The van der Waals surface area contributed by atoms with E-state index in [4.69, 9.17) is 0 Å². The van der Waals surface area contributed by atoms with E-state index in [0.717, 1.165) is 14.3 Å². The van der Waals surface area contributed by atoms with Crippen molar-refractivity contribution in [1.29, 1.82) is 0 Å². The first-order chi connectivity index (χ1) is 5.75. The summed E-state index contributed by atoms with van der Waals surface area (Å²) in [5.41, 5.74) is 1.63. The number of allylic oxidation sites excluding steroid dienone is 1. The van der Waals surface area contributed by atoms with Crippen LogP contribution in [0.5, 0.6) is 0 Å². The van der Waals surface area contributed by atoms with Crippen molar-refractivity contribution in [2.75, 3.05) is 0 Å². The van der Waals surface area contributed by atoms with Gasteiger partial charge in [0.1, 0.15) is 0 Å². The molecule has 3 heteroatoms. The number of halogens is 2. The van der Waals surface area contributed by atoms with Crippen LogP contribution in [0.4, 0.5) is 0 Å². The van der Waals surface area contributed by atoms with Gasteiger partial charge in [-0.3, -0.25) is 4.79 Å². The van der Waals surface area contributed by atoms with Gasteiger partial charge in [-0.15, -0.1) is 0 Å². The molecule has 0 aliphatic rings. The fourth-order valence-corrected chi connectivity index (χ4v) is 1.60. The van der Waals surface area contributed by atoms with Crippen LogP contribution < -0.4 is 0 Å². The van der Waals surface area contributed by atoms with Gasteiger partial charge in [-0.2, -0.15) is 0 Å². The minimum atomic E-state index is 0.691. The molecule has 0 amide bonds. The van der Waals surface area contributed by atoms with Crippen molar-refractivity contribution in [1.82, 2.24) is 0 Å². The predicted molar refractivity (Wildman–Crippen MR) is 62.4 cm³/mol. The molecule has 0 heterocycles. The molecule has 0 spiro atoms. The van der Waals surface area contributed by atoms with Crippen LogP contribution in [0.15, 0.2) is 32.8 Å². The summed E-state index contributed by atoms with van der Waals surface area (Å²) in [5, 5.41) is 0. The average molecular weight is 337 g/mol. The van der Waals surface area contributed by atoms with Gasteiger partial charge >= 0.3 is 0 Å². The Kier molecular flexibility index (Phi) is 3.94. The third-order valence-corrected chi connectivity index (χ3v) is 2.41. The zero-order valence-electron chi connectivity index (χ0n) is 6.13. The number of carbonyl (C=O) groups is 1. The van der Waals surface area contributed by atoms with Crippen LogP contribution in [0.25, 0.3) is 5.57 Å². The highest BCUT2D eigenvalue weighted by Gasteiger charge is 2.02. The number of hydrogen-bond donors (Lipinski definition) is 0. The quantitative estimate of drug-likeness (QED) is 0.459. The van der Waals surface area contributed by atoms with E-state index in [1.54, 1.807) is 0 Å². The lowest BCUT2D eigenvalue weighted by Gasteiger charge is -1.98. The molecule has 0 aliphatic carbocycles. The smallest absolute Gasteiger partial charge is 0.152 e. The van der Waals surface area contributed by atoms with Crippen LogP contribution >= 0.6 is 38.5 Å². The molecular formula is C9H6BrIO. The van der Waals surface area contributed by atoms with E-state index < -0.39 is 0 Å². The zero-order chi connectivity index (χ0) is 8.97. The van der Waals surface area contributed by atoms with Crippen molar-refractivity contribution >= 4 is 50.4 Å². The van der Waals surface area contributed by atoms with Crippen molar-refractivity contribution in [3.8, 4) is 0 Å². The molecule has 0 aromatic heterocycles. The second-order valence-corrected chi connectivity index (χ2v) is 5.51. The van der Waals surface area contributed by atoms with Crippen LogP contribution in [0, 0.1) is 0 Å². The molecule has 0 saturated heterocycles. The van der Waals surface area contributed by atoms with Gasteiger partial charge in [-0.25, -0.2) is 0 Å². The van der Waals surface area contributed by atoms with Gasteiger partial charge in [-0.1, -0.05) is 30.3 Å². The molecule has 0 N–H and O–H groups in total. The van der Waals surface area contributed by atoms with E-state index in [-0.39, 0.29) is 0 Å². The highest BCUT2D eigenvalue weighted by Crippen LogP contribution is 2.25. The van der Waals surface area contributed by atoms with Gasteiger partial charge in [0.15, 0.2) is 6.29 Å². The molecule has 1 aromatic carbocycles. The first-order valence-corrected chi connectivity index (χ1v) is 5.18. The zero-order valence-corrected chi connectivity index (χ0v) is 9.87. The normalized spacial score (nSPS) is 12.2. The lowest BCUT2D eigenvalue weighted by atomic mass is 10.1. The third-order valence-electron chi connectivity index (χ3n) is 1.41. The largest absolute Gasteiger partial charge is 0.298 e. The Bertz CT molecular complexity index is 302. The molecule has 62 valence electrons. The van der Waals surface area contributed by atoms with Crippen LogP contribution in [0.3, 0.4) is 0 Å². The van der Waals surface area contributed by atoms with Crippen molar-refractivity contribution in [2.45, 2.75) is 0 Å². The Hall–Kier alpha value is -0.160. The molecule has 0 bridgehead atoms. The molecular weight excluding hydrogens is 331 g/mol. The molecule has 0 radical (unpaired) electrons. The standard InChI is InChI=1S/C9H6BrIO/c10-9(11)8(6-12)7-4-2-1-3-5-7/h1-6H. The summed E-state index contributed by atoms with van der Waals surface area (Å²) in [7, 11) is 0. The van der Waals surface area contributed by atoms with E-state index in [2.05, 4.69) is 38.5 Å². The maximum absolute atomic E-state index is 10.7. The second kappa shape index (κ2) is 4.77. The Morgan fingerprint density at radius 3 is 2.33 bits per heavy atom. The summed E-state index contributed by atoms with van der Waals surface area (Å²) >= 11 is 5.35. The predicted octanol–water partition coefficient (Wildman–Crippen LogP) is 3.38. The highest BCUT2D eigenvalue weighted by molar-refractivity contribution is 14.1. The molecule has 12 heavy (non-hydrogen) atoms. The summed E-state index contributed by atoms with van der Waals surface area (Å²) in [6, 6.07) is 9.55. The van der Waals surface area contributed by atoms with E-state index in [1.165, 1.54) is 0 Å². The summed E-state index contributed by atoms with van der Waals surface area (Å²) in [4.78, 5) is 10.7. The van der Waals surface area contributed by atoms with Gasteiger partial charge in [0.05, 0.1) is 2.49 Å². The van der Waals surface area contributed by atoms with Crippen molar-refractivity contribution in [2.24, 2.45) is 0 Å². The maximum atomic E-state index is 10.7. The first-order valence-electron chi connectivity index (χ1n) is 3.31. The van der Waals surface area contributed by atoms with Crippen molar-refractivity contribution in [3.63, 3.8) is 0 Å². The molecule has 0 atom stereocenters. The average Bonchev–Trinajstić information content (AvgIpc) is 2.07. The molecule has 1 rings (SSSR count). The van der Waals surface area contributed by atoms with E-state index in [1.807, 2.05) is 30.3 Å². The van der Waals surface area contributed by atoms with Crippen LogP contribution in [-0.4, -0.2) is 6.29 Å². The molecule has 0 saturated carbocycles. The number of aldehydes is 1. The van der Waals surface area contributed by atoms with Gasteiger partial charge < -0.3 is 0 Å². The highest BCUT2D eigenvalue weighted by atomic mass is 127. The van der Waals surface area contributed by atoms with Crippen LogP contribution in [-0.2, 0) is 4.79 Å². The first kappa shape index (κ1) is 9.92. The Morgan fingerprint density at radius 2 is 1.92 bits per heavy atom. The van der Waals surface area contributed by atoms with E-state index in [9.17, 15) is 4.79 Å². The lowest BCUT2D eigenvalue weighted by Crippen LogP contribution is -1.84. The number of benzene rings is 1. The minimum absolute atomic E-state index is 0.691. The summed E-state index contributed by atoms with van der Waals surface area (Å²) in [5.74, 6) is 0. The molecule has 0 unspecified atom stereocenters. The Morgan fingerprint density at radius 1 is 1.33 bits per heavy atom. The minimum Gasteiger partial charge on any atom is -0.298 e. The van der Waals surface area contributed by atoms with E-state index in [0.29, 0.717) is 5.57 Å². The molecule has 0 aliphatic heterocycles. The van der Waals surface area contributed by atoms with Crippen LogP contribution in [0.2, 0.25) is 0 Å². The lowest BCUT2D eigenvalue weighted by molar-refractivity contribution is -0.103. The molecule has 1 aromatic rings.